The molecule has 4 heteroatoms. The third-order valence-corrected chi connectivity index (χ3v) is 6.34. The van der Waals surface area contributed by atoms with E-state index in [2.05, 4.69) is 29.7 Å². The van der Waals surface area contributed by atoms with Crippen LogP contribution in [0.1, 0.15) is 51.0 Å². The highest BCUT2D eigenvalue weighted by Gasteiger charge is 2.38. The minimum absolute atomic E-state index is 0.123. The van der Waals surface area contributed by atoms with E-state index in [9.17, 15) is 4.79 Å². The summed E-state index contributed by atoms with van der Waals surface area (Å²) >= 11 is 6.01. The van der Waals surface area contributed by atoms with E-state index >= 15 is 0 Å². The van der Waals surface area contributed by atoms with Gasteiger partial charge in [0.15, 0.2) is 0 Å². The summed E-state index contributed by atoms with van der Waals surface area (Å²) in [6.45, 7) is 5.17. The summed E-state index contributed by atoms with van der Waals surface area (Å²) in [5.74, 6) is 1.37. The SMILES string of the molecule is CC(CC(=O)NCC1(c2ccc(Cl)cc2)CCC1)C1CCNCC1. The first kappa shape index (κ1) is 17.8. The van der Waals surface area contributed by atoms with Gasteiger partial charge in [0, 0.05) is 23.4 Å². The van der Waals surface area contributed by atoms with Gasteiger partial charge in [-0.1, -0.05) is 37.1 Å². The lowest BCUT2D eigenvalue weighted by molar-refractivity contribution is -0.122. The monoisotopic (exact) mass is 348 g/mol. The van der Waals surface area contributed by atoms with Crippen molar-refractivity contribution < 1.29 is 4.79 Å². The molecule has 1 unspecified atom stereocenters. The molecule has 1 aromatic carbocycles. The molecular weight excluding hydrogens is 320 g/mol. The van der Waals surface area contributed by atoms with Crippen LogP contribution in [0.5, 0.6) is 0 Å². The molecule has 1 amide bonds. The van der Waals surface area contributed by atoms with Crippen LogP contribution in [-0.2, 0) is 10.2 Å². The van der Waals surface area contributed by atoms with E-state index in [1.807, 2.05) is 12.1 Å². The molecule has 3 nitrogen and oxygen atoms in total. The van der Waals surface area contributed by atoms with Crippen molar-refractivity contribution in [1.29, 1.82) is 0 Å². The van der Waals surface area contributed by atoms with Crippen molar-refractivity contribution >= 4 is 17.5 Å². The first-order valence-electron chi connectivity index (χ1n) is 9.32. The van der Waals surface area contributed by atoms with Gasteiger partial charge in [-0.25, -0.2) is 0 Å². The second-order valence-electron chi connectivity index (χ2n) is 7.69. The number of amides is 1. The maximum absolute atomic E-state index is 12.4. The molecule has 1 aliphatic carbocycles. The average Bonchev–Trinajstić information content (AvgIpc) is 2.56. The smallest absolute Gasteiger partial charge is 0.220 e. The maximum Gasteiger partial charge on any atom is 0.220 e. The predicted octanol–water partition coefficient (Wildman–Crippen LogP) is 3.90. The second-order valence-corrected chi connectivity index (χ2v) is 8.12. The lowest BCUT2D eigenvalue weighted by atomic mass is 9.64. The number of benzene rings is 1. The molecule has 24 heavy (non-hydrogen) atoms. The van der Waals surface area contributed by atoms with Gasteiger partial charge in [-0.3, -0.25) is 4.79 Å². The Balaban J connectivity index is 1.51. The number of carbonyl (C=O) groups is 1. The Kier molecular flexibility index (Phi) is 5.83. The highest BCUT2D eigenvalue weighted by Crippen LogP contribution is 2.43. The first-order valence-corrected chi connectivity index (χ1v) is 9.70. The number of nitrogens with one attached hydrogen (secondary N) is 2. The van der Waals surface area contributed by atoms with Crippen molar-refractivity contribution in [2.45, 2.75) is 50.9 Å². The molecular formula is C20H29ClN2O. The van der Waals surface area contributed by atoms with Crippen LogP contribution >= 0.6 is 11.6 Å². The standard InChI is InChI=1S/C20H29ClN2O/c1-15(16-7-11-22-12-8-16)13-19(24)23-14-20(9-2-10-20)17-3-5-18(21)6-4-17/h3-6,15-16,22H,2,7-14H2,1H3,(H,23,24). The van der Waals surface area contributed by atoms with E-state index in [-0.39, 0.29) is 11.3 Å². The highest BCUT2D eigenvalue weighted by molar-refractivity contribution is 6.30. The van der Waals surface area contributed by atoms with Crippen LogP contribution in [-0.4, -0.2) is 25.5 Å². The summed E-state index contributed by atoms with van der Waals surface area (Å²) < 4.78 is 0. The van der Waals surface area contributed by atoms with Crippen molar-refractivity contribution in [3.05, 3.63) is 34.9 Å². The molecule has 1 heterocycles. The molecule has 0 radical (unpaired) electrons. The van der Waals surface area contributed by atoms with E-state index in [0.29, 0.717) is 18.3 Å². The Hall–Kier alpha value is -1.06. The summed E-state index contributed by atoms with van der Waals surface area (Å²) in [5, 5.41) is 7.39. The van der Waals surface area contributed by atoms with Gasteiger partial charge in [0.25, 0.3) is 0 Å². The van der Waals surface area contributed by atoms with Gasteiger partial charge >= 0.3 is 0 Å². The third kappa shape index (κ3) is 4.12. The van der Waals surface area contributed by atoms with Crippen LogP contribution in [0.4, 0.5) is 0 Å². The summed E-state index contributed by atoms with van der Waals surface area (Å²) in [6.07, 6.45) is 6.59. The van der Waals surface area contributed by atoms with Gasteiger partial charge < -0.3 is 10.6 Å². The molecule has 1 aliphatic heterocycles. The van der Waals surface area contributed by atoms with Crippen LogP contribution < -0.4 is 10.6 Å². The van der Waals surface area contributed by atoms with Crippen molar-refractivity contribution in [2.24, 2.45) is 11.8 Å². The first-order chi connectivity index (χ1) is 11.6. The van der Waals surface area contributed by atoms with Crippen LogP contribution in [0.2, 0.25) is 5.02 Å². The molecule has 1 aromatic rings. The summed E-state index contributed by atoms with van der Waals surface area (Å²) in [5.41, 5.74) is 1.43. The number of carbonyl (C=O) groups excluding carboxylic acids is 1. The van der Waals surface area contributed by atoms with Crippen LogP contribution in [0, 0.1) is 11.8 Å². The van der Waals surface area contributed by atoms with Crippen LogP contribution in [0.25, 0.3) is 0 Å². The zero-order chi connectivity index (χ0) is 17.0. The Morgan fingerprint density at radius 1 is 1.29 bits per heavy atom. The Labute approximate surface area is 150 Å². The molecule has 0 aromatic heterocycles. The molecule has 0 bridgehead atoms. The maximum atomic E-state index is 12.4. The number of halogens is 1. The molecule has 132 valence electrons. The molecule has 1 saturated heterocycles. The van der Waals surface area contributed by atoms with Gasteiger partial charge in [-0.05, 0) is 68.3 Å². The van der Waals surface area contributed by atoms with Gasteiger partial charge in [0.05, 0.1) is 0 Å². The van der Waals surface area contributed by atoms with Crippen LogP contribution in [0.15, 0.2) is 24.3 Å². The Morgan fingerprint density at radius 3 is 2.54 bits per heavy atom. The van der Waals surface area contributed by atoms with Crippen molar-refractivity contribution in [3.8, 4) is 0 Å². The number of piperidine rings is 1. The number of rotatable bonds is 6. The highest BCUT2D eigenvalue weighted by atomic mass is 35.5. The van der Waals surface area contributed by atoms with E-state index in [0.717, 1.165) is 37.5 Å². The van der Waals surface area contributed by atoms with E-state index in [1.54, 1.807) is 0 Å². The Morgan fingerprint density at radius 2 is 1.96 bits per heavy atom. The largest absolute Gasteiger partial charge is 0.355 e. The minimum Gasteiger partial charge on any atom is -0.355 e. The normalized spacial score (nSPS) is 21.8. The lowest BCUT2D eigenvalue weighted by Crippen LogP contribution is -2.46. The fourth-order valence-electron chi connectivity index (χ4n) is 4.19. The molecule has 2 aliphatic rings. The van der Waals surface area contributed by atoms with E-state index in [4.69, 9.17) is 11.6 Å². The fourth-order valence-corrected chi connectivity index (χ4v) is 4.31. The summed E-state index contributed by atoms with van der Waals surface area (Å²) in [7, 11) is 0. The molecule has 1 atom stereocenters. The average molecular weight is 349 g/mol. The molecule has 2 fully saturated rings. The molecule has 0 spiro atoms. The van der Waals surface area contributed by atoms with Gasteiger partial charge in [-0.15, -0.1) is 0 Å². The minimum atomic E-state index is 0.123. The molecule has 2 N–H and O–H groups in total. The molecule has 1 saturated carbocycles. The zero-order valence-corrected chi connectivity index (χ0v) is 15.4. The van der Waals surface area contributed by atoms with Crippen molar-refractivity contribution in [2.75, 3.05) is 19.6 Å². The van der Waals surface area contributed by atoms with Crippen LogP contribution in [0.3, 0.4) is 0 Å². The fraction of sp³-hybridized carbons (Fsp3) is 0.650. The second kappa shape index (κ2) is 7.88. The lowest BCUT2D eigenvalue weighted by Gasteiger charge is -2.42. The zero-order valence-electron chi connectivity index (χ0n) is 14.6. The van der Waals surface area contributed by atoms with Crippen molar-refractivity contribution in [3.63, 3.8) is 0 Å². The number of hydrogen-bond donors (Lipinski definition) is 2. The van der Waals surface area contributed by atoms with E-state index < -0.39 is 0 Å². The quantitative estimate of drug-likeness (QED) is 0.818. The topological polar surface area (TPSA) is 41.1 Å². The Bertz CT molecular complexity index is 547. The summed E-state index contributed by atoms with van der Waals surface area (Å²) in [6, 6.07) is 8.15. The number of hydrogen-bond acceptors (Lipinski definition) is 2. The van der Waals surface area contributed by atoms with Gasteiger partial charge in [0.1, 0.15) is 0 Å². The molecule has 3 rings (SSSR count). The van der Waals surface area contributed by atoms with Gasteiger partial charge in [0.2, 0.25) is 5.91 Å². The van der Waals surface area contributed by atoms with E-state index in [1.165, 1.54) is 24.8 Å². The summed E-state index contributed by atoms with van der Waals surface area (Å²) in [4.78, 5) is 12.4. The predicted molar refractivity (Wildman–Crippen MR) is 99.4 cm³/mol. The van der Waals surface area contributed by atoms with Crippen molar-refractivity contribution in [1.82, 2.24) is 10.6 Å². The third-order valence-electron chi connectivity index (χ3n) is 6.09. The van der Waals surface area contributed by atoms with Gasteiger partial charge in [-0.2, -0.15) is 0 Å².